The first-order valence-corrected chi connectivity index (χ1v) is 8.89. The Morgan fingerprint density at radius 1 is 1.27 bits per heavy atom. The number of carbonyl (C=O) groups excluding carboxylic acids is 1. The van der Waals surface area contributed by atoms with Gasteiger partial charge >= 0.3 is 5.97 Å². The molecular formula is C20H25NO5. The summed E-state index contributed by atoms with van der Waals surface area (Å²) >= 11 is 0. The van der Waals surface area contributed by atoms with E-state index in [1.807, 2.05) is 45.9 Å². The lowest BCUT2D eigenvalue weighted by Crippen LogP contribution is -2.51. The average Bonchev–Trinajstić information content (AvgIpc) is 3.13. The maximum atomic E-state index is 12.5. The SMILES string of the molecule is CCNc1ccc2c(c1)C(OCC)C(OC(=O)c1ccco1)C(C)(C)O2. The molecule has 0 bridgehead atoms. The lowest BCUT2D eigenvalue weighted by molar-refractivity contribution is -0.138. The molecular weight excluding hydrogens is 334 g/mol. The van der Waals surface area contributed by atoms with Crippen molar-refractivity contribution in [3.8, 4) is 5.75 Å². The van der Waals surface area contributed by atoms with Crippen LogP contribution in [0.1, 0.15) is 49.9 Å². The van der Waals surface area contributed by atoms with Crippen LogP contribution in [-0.2, 0) is 9.47 Å². The van der Waals surface area contributed by atoms with E-state index in [4.69, 9.17) is 18.6 Å². The first-order chi connectivity index (χ1) is 12.5. The molecule has 2 unspecified atom stereocenters. The summed E-state index contributed by atoms with van der Waals surface area (Å²) in [4.78, 5) is 12.5. The predicted molar refractivity (Wildman–Crippen MR) is 97.6 cm³/mol. The standard InChI is InChI=1S/C20H25NO5/c1-5-21-13-9-10-15-14(12-13)17(23-6-2)18(20(3,4)26-15)25-19(22)16-8-7-11-24-16/h7-12,17-18,21H,5-6H2,1-4H3. The van der Waals surface area contributed by atoms with Gasteiger partial charge in [-0.1, -0.05) is 0 Å². The first-order valence-electron chi connectivity index (χ1n) is 8.89. The lowest BCUT2D eigenvalue weighted by atomic mass is 9.87. The van der Waals surface area contributed by atoms with E-state index in [2.05, 4.69) is 5.32 Å². The Labute approximate surface area is 153 Å². The van der Waals surface area contributed by atoms with Gasteiger partial charge < -0.3 is 23.9 Å². The van der Waals surface area contributed by atoms with Gasteiger partial charge in [0.25, 0.3) is 0 Å². The molecule has 1 aromatic heterocycles. The van der Waals surface area contributed by atoms with Crippen LogP contribution < -0.4 is 10.1 Å². The van der Waals surface area contributed by atoms with Gasteiger partial charge in [-0.3, -0.25) is 0 Å². The lowest BCUT2D eigenvalue weighted by Gasteiger charge is -2.43. The number of benzene rings is 1. The number of rotatable bonds is 6. The third-order valence-electron chi connectivity index (χ3n) is 4.33. The number of nitrogens with one attached hydrogen (secondary N) is 1. The Bertz CT molecular complexity index is 754. The van der Waals surface area contributed by atoms with E-state index < -0.39 is 23.8 Å². The molecule has 0 fully saturated rings. The van der Waals surface area contributed by atoms with Gasteiger partial charge in [0.15, 0.2) is 6.10 Å². The van der Waals surface area contributed by atoms with Crippen molar-refractivity contribution in [2.45, 2.75) is 45.5 Å². The van der Waals surface area contributed by atoms with Crippen molar-refractivity contribution >= 4 is 11.7 Å². The molecule has 1 aliphatic heterocycles. The van der Waals surface area contributed by atoms with E-state index in [9.17, 15) is 4.79 Å². The zero-order chi connectivity index (χ0) is 18.7. The van der Waals surface area contributed by atoms with E-state index in [1.165, 1.54) is 6.26 Å². The van der Waals surface area contributed by atoms with Gasteiger partial charge in [0.2, 0.25) is 5.76 Å². The first kappa shape index (κ1) is 18.3. The predicted octanol–water partition coefficient (Wildman–Crippen LogP) is 4.19. The summed E-state index contributed by atoms with van der Waals surface area (Å²) in [6.45, 7) is 9.02. The Morgan fingerprint density at radius 2 is 2.08 bits per heavy atom. The fourth-order valence-electron chi connectivity index (χ4n) is 3.18. The summed E-state index contributed by atoms with van der Waals surface area (Å²) in [5.41, 5.74) is 1.08. The number of carbonyl (C=O) groups is 1. The van der Waals surface area contributed by atoms with Crippen LogP contribution in [0.3, 0.4) is 0 Å². The molecule has 2 atom stereocenters. The molecule has 0 saturated heterocycles. The molecule has 6 heteroatoms. The third kappa shape index (κ3) is 3.55. The van der Waals surface area contributed by atoms with Crippen LogP contribution in [0.2, 0.25) is 0 Å². The van der Waals surface area contributed by atoms with Gasteiger partial charge in [-0.15, -0.1) is 0 Å². The minimum atomic E-state index is -0.755. The van der Waals surface area contributed by atoms with E-state index in [0.717, 1.165) is 23.5 Å². The minimum absolute atomic E-state index is 0.156. The van der Waals surface area contributed by atoms with Crippen LogP contribution in [0.5, 0.6) is 5.75 Å². The van der Waals surface area contributed by atoms with Crippen LogP contribution in [0.4, 0.5) is 5.69 Å². The Kier molecular flexibility index (Phi) is 5.23. The molecule has 0 radical (unpaired) electrons. The molecule has 26 heavy (non-hydrogen) atoms. The molecule has 2 heterocycles. The summed E-state index contributed by atoms with van der Waals surface area (Å²) in [5, 5.41) is 3.29. The van der Waals surface area contributed by atoms with Gasteiger partial charge in [0.1, 0.15) is 17.5 Å². The fraction of sp³-hybridized carbons (Fsp3) is 0.450. The van der Waals surface area contributed by atoms with Crippen LogP contribution in [-0.4, -0.2) is 30.8 Å². The Balaban J connectivity index is 1.96. The highest BCUT2D eigenvalue weighted by Gasteiger charge is 2.47. The highest BCUT2D eigenvalue weighted by molar-refractivity contribution is 5.86. The second-order valence-electron chi connectivity index (χ2n) is 6.67. The Hall–Kier alpha value is -2.47. The molecule has 2 aromatic rings. The van der Waals surface area contributed by atoms with Gasteiger partial charge in [0.05, 0.1) is 6.26 Å². The molecule has 3 rings (SSSR count). The van der Waals surface area contributed by atoms with Crippen LogP contribution in [0, 0.1) is 0 Å². The number of ether oxygens (including phenoxy) is 3. The summed E-state index contributed by atoms with van der Waals surface area (Å²) < 4.78 is 23.1. The maximum Gasteiger partial charge on any atom is 0.374 e. The zero-order valence-corrected chi connectivity index (χ0v) is 15.6. The molecule has 0 spiro atoms. The van der Waals surface area contributed by atoms with Crippen LogP contribution >= 0.6 is 0 Å². The summed E-state index contributed by atoms with van der Waals surface area (Å²) in [7, 11) is 0. The van der Waals surface area contributed by atoms with E-state index in [-0.39, 0.29) is 5.76 Å². The highest BCUT2D eigenvalue weighted by atomic mass is 16.6. The molecule has 0 saturated carbocycles. The largest absolute Gasteiger partial charge is 0.483 e. The number of fused-ring (bicyclic) bond motifs is 1. The van der Waals surface area contributed by atoms with Crippen molar-refractivity contribution in [3.05, 3.63) is 47.9 Å². The van der Waals surface area contributed by atoms with Gasteiger partial charge in [0, 0.05) is 24.4 Å². The zero-order valence-electron chi connectivity index (χ0n) is 15.6. The molecule has 1 aliphatic rings. The average molecular weight is 359 g/mol. The van der Waals surface area contributed by atoms with Crippen molar-refractivity contribution in [1.29, 1.82) is 0 Å². The number of hydrogen-bond donors (Lipinski definition) is 1. The second-order valence-corrected chi connectivity index (χ2v) is 6.67. The van der Waals surface area contributed by atoms with E-state index >= 15 is 0 Å². The third-order valence-corrected chi connectivity index (χ3v) is 4.33. The smallest absolute Gasteiger partial charge is 0.374 e. The summed E-state index contributed by atoms with van der Waals surface area (Å²) in [6.07, 6.45) is 0.387. The highest BCUT2D eigenvalue weighted by Crippen LogP contribution is 2.44. The summed E-state index contributed by atoms with van der Waals surface area (Å²) in [5.74, 6) is 0.358. The monoisotopic (exact) mass is 359 g/mol. The van der Waals surface area contributed by atoms with Crippen LogP contribution in [0.25, 0.3) is 0 Å². The molecule has 1 N–H and O–H groups in total. The number of furan rings is 1. The van der Waals surface area contributed by atoms with Crippen LogP contribution in [0.15, 0.2) is 41.0 Å². The van der Waals surface area contributed by atoms with Crippen molar-refractivity contribution in [3.63, 3.8) is 0 Å². The number of esters is 1. The van der Waals surface area contributed by atoms with Crippen molar-refractivity contribution in [1.82, 2.24) is 0 Å². The quantitative estimate of drug-likeness (QED) is 0.780. The second kappa shape index (κ2) is 7.41. The molecule has 0 aliphatic carbocycles. The maximum absolute atomic E-state index is 12.5. The Morgan fingerprint density at radius 3 is 2.73 bits per heavy atom. The van der Waals surface area contributed by atoms with Crippen molar-refractivity contribution in [2.24, 2.45) is 0 Å². The number of hydrogen-bond acceptors (Lipinski definition) is 6. The van der Waals surface area contributed by atoms with Gasteiger partial charge in [-0.05, 0) is 58.0 Å². The number of anilines is 1. The van der Waals surface area contributed by atoms with E-state index in [1.54, 1.807) is 12.1 Å². The fourth-order valence-corrected chi connectivity index (χ4v) is 3.18. The molecule has 0 amide bonds. The topological polar surface area (TPSA) is 69.9 Å². The van der Waals surface area contributed by atoms with Crippen molar-refractivity contribution in [2.75, 3.05) is 18.5 Å². The van der Waals surface area contributed by atoms with Gasteiger partial charge in [-0.25, -0.2) is 4.79 Å². The molecule has 1 aromatic carbocycles. The normalized spacial score (nSPS) is 20.8. The minimum Gasteiger partial charge on any atom is -0.483 e. The van der Waals surface area contributed by atoms with Gasteiger partial charge in [-0.2, -0.15) is 0 Å². The molecule has 6 nitrogen and oxygen atoms in total. The van der Waals surface area contributed by atoms with E-state index in [0.29, 0.717) is 6.61 Å². The molecule has 140 valence electrons. The van der Waals surface area contributed by atoms with Crippen molar-refractivity contribution < 1.29 is 23.4 Å². The summed E-state index contributed by atoms with van der Waals surface area (Å²) in [6, 6.07) is 9.10.